The van der Waals surface area contributed by atoms with Crippen molar-refractivity contribution < 1.29 is 9.53 Å². The third kappa shape index (κ3) is 3.33. The van der Waals surface area contributed by atoms with Crippen LogP contribution in [0.4, 0.5) is 0 Å². The van der Waals surface area contributed by atoms with Crippen LogP contribution >= 0.6 is 11.6 Å². The Balaban J connectivity index is 1.46. The smallest absolute Gasteiger partial charge is 0.275 e. The van der Waals surface area contributed by atoms with Crippen molar-refractivity contribution in [3.63, 3.8) is 0 Å². The molecule has 0 radical (unpaired) electrons. The third-order valence-corrected chi connectivity index (χ3v) is 6.52. The number of halogens is 1. The number of benzene rings is 1. The van der Waals surface area contributed by atoms with Crippen LogP contribution in [0.5, 0.6) is 5.75 Å². The Morgan fingerprint density at radius 2 is 2.03 bits per heavy atom. The molecule has 2 aliphatic heterocycles. The highest BCUT2D eigenvalue weighted by Crippen LogP contribution is 2.41. The van der Waals surface area contributed by atoms with E-state index in [4.69, 9.17) is 16.3 Å². The van der Waals surface area contributed by atoms with Crippen LogP contribution in [-0.2, 0) is 12.0 Å². The third-order valence-electron chi connectivity index (χ3n) is 6.29. The van der Waals surface area contributed by atoms with Gasteiger partial charge in [0.05, 0.1) is 18.6 Å². The Labute approximate surface area is 184 Å². The number of aromatic nitrogens is 3. The van der Waals surface area contributed by atoms with Gasteiger partial charge in [-0.15, -0.1) is 0 Å². The summed E-state index contributed by atoms with van der Waals surface area (Å²) in [6.45, 7) is 6.08. The van der Waals surface area contributed by atoms with Gasteiger partial charge >= 0.3 is 0 Å². The van der Waals surface area contributed by atoms with Crippen molar-refractivity contribution in [3.8, 4) is 11.4 Å². The summed E-state index contributed by atoms with van der Waals surface area (Å²) in [6.07, 6.45) is 4.20. The molecule has 1 atom stereocenters. The van der Waals surface area contributed by atoms with Crippen LogP contribution in [0, 0.1) is 6.92 Å². The van der Waals surface area contributed by atoms with Gasteiger partial charge in [0.25, 0.3) is 11.5 Å². The number of imidazole rings is 1. The molecule has 0 bridgehead atoms. The Morgan fingerprint density at radius 3 is 2.81 bits per heavy atom. The van der Waals surface area contributed by atoms with Gasteiger partial charge in [-0.25, -0.2) is 4.98 Å². The van der Waals surface area contributed by atoms with Gasteiger partial charge in [0.2, 0.25) is 0 Å². The topological polar surface area (TPSA) is 69.4 Å². The van der Waals surface area contributed by atoms with Crippen molar-refractivity contribution in [2.24, 2.45) is 0 Å². The Morgan fingerprint density at radius 1 is 1.19 bits per heavy atom. The molecule has 3 aromatic rings. The van der Waals surface area contributed by atoms with Crippen molar-refractivity contribution in [1.29, 1.82) is 0 Å². The molecule has 2 aromatic heterocycles. The minimum absolute atomic E-state index is 0.131. The summed E-state index contributed by atoms with van der Waals surface area (Å²) in [6, 6.07) is 9.07. The predicted molar refractivity (Wildman–Crippen MR) is 117 cm³/mol. The maximum absolute atomic E-state index is 13.3. The molecular weight excluding hydrogens is 416 g/mol. The van der Waals surface area contributed by atoms with Crippen LogP contribution < -0.4 is 10.3 Å². The summed E-state index contributed by atoms with van der Waals surface area (Å²) in [5.41, 5.74) is 2.30. The molecule has 0 fully saturated rings. The number of aryl methyl sites for hydroxylation is 1. The average molecular weight is 439 g/mol. The van der Waals surface area contributed by atoms with E-state index < -0.39 is 0 Å². The number of ether oxygens (including phenoxy) is 1. The standard InChI is InChI=1S/C23H23ClN4O3/c1-15-12-27(14-25-15)18-4-5-19-21(29)26(8-9-28(19)22(18)30)13-23(2)7-10-31-20-6-3-16(24)11-17(20)23/h3-6,11-12,14H,7-10,13H2,1-2H3/t23-/m0/s1. The lowest BCUT2D eigenvalue weighted by atomic mass is 9.77. The highest BCUT2D eigenvalue weighted by Gasteiger charge is 2.38. The number of rotatable bonds is 3. The molecule has 7 nitrogen and oxygen atoms in total. The zero-order valence-electron chi connectivity index (χ0n) is 17.5. The van der Waals surface area contributed by atoms with Crippen molar-refractivity contribution in [1.82, 2.24) is 19.0 Å². The van der Waals surface area contributed by atoms with Gasteiger partial charge in [0.1, 0.15) is 17.1 Å². The summed E-state index contributed by atoms with van der Waals surface area (Å²) in [4.78, 5) is 32.4. The van der Waals surface area contributed by atoms with Crippen LogP contribution in [0.25, 0.3) is 5.69 Å². The zero-order valence-corrected chi connectivity index (χ0v) is 18.2. The summed E-state index contributed by atoms with van der Waals surface area (Å²) < 4.78 is 9.07. The minimum Gasteiger partial charge on any atom is -0.493 e. The highest BCUT2D eigenvalue weighted by molar-refractivity contribution is 6.30. The lowest BCUT2D eigenvalue weighted by molar-refractivity contribution is 0.0631. The van der Waals surface area contributed by atoms with Crippen molar-refractivity contribution in [3.05, 3.63) is 75.2 Å². The van der Waals surface area contributed by atoms with E-state index in [1.54, 1.807) is 33.8 Å². The van der Waals surface area contributed by atoms with Crippen LogP contribution in [0.2, 0.25) is 5.02 Å². The Bertz CT molecular complexity index is 1250. The number of amides is 1. The molecule has 0 N–H and O–H groups in total. The van der Waals surface area contributed by atoms with Gasteiger partial charge in [-0.05, 0) is 43.7 Å². The molecule has 5 rings (SSSR count). The number of hydrogen-bond acceptors (Lipinski definition) is 4. The summed E-state index contributed by atoms with van der Waals surface area (Å²) in [5, 5.41) is 0.652. The molecule has 1 aromatic carbocycles. The van der Waals surface area contributed by atoms with E-state index in [2.05, 4.69) is 11.9 Å². The summed E-state index contributed by atoms with van der Waals surface area (Å²) >= 11 is 6.25. The fraction of sp³-hybridized carbons (Fsp3) is 0.348. The molecule has 0 saturated carbocycles. The van der Waals surface area contributed by atoms with Gasteiger partial charge in [-0.3, -0.25) is 9.59 Å². The lowest BCUT2D eigenvalue weighted by Crippen LogP contribution is -2.50. The van der Waals surface area contributed by atoms with Gasteiger partial charge < -0.3 is 18.8 Å². The first-order chi connectivity index (χ1) is 14.9. The number of carbonyl (C=O) groups is 1. The molecule has 1 amide bonds. The fourth-order valence-electron chi connectivity index (χ4n) is 4.57. The van der Waals surface area contributed by atoms with E-state index in [1.807, 2.05) is 30.0 Å². The molecule has 4 heterocycles. The molecule has 0 saturated heterocycles. The predicted octanol–water partition coefficient (Wildman–Crippen LogP) is 3.19. The number of carbonyl (C=O) groups excluding carboxylic acids is 1. The molecule has 0 spiro atoms. The van der Waals surface area contributed by atoms with Crippen LogP contribution in [0.1, 0.15) is 35.1 Å². The second-order valence-corrected chi connectivity index (χ2v) is 8.95. The van der Waals surface area contributed by atoms with Crippen molar-refractivity contribution in [2.45, 2.75) is 32.2 Å². The van der Waals surface area contributed by atoms with Gasteiger partial charge in [-0.2, -0.15) is 0 Å². The molecular formula is C23H23ClN4O3. The van der Waals surface area contributed by atoms with E-state index in [1.165, 1.54) is 0 Å². The molecule has 31 heavy (non-hydrogen) atoms. The Kier molecular flexibility index (Phi) is 4.66. The number of hydrogen-bond donors (Lipinski definition) is 0. The van der Waals surface area contributed by atoms with Gasteiger partial charge in [-0.1, -0.05) is 18.5 Å². The fourth-order valence-corrected chi connectivity index (χ4v) is 4.74. The van der Waals surface area contributed by atoms with E-state index in [-0.39, 0.29) is 16.9 Å². The Hall–Kier alpha value is -3.06. The maximum atomic E-state index is 13.3. The van der Waals surface area contributed by atoms with Crippen LogP contribution in [0.3, 0.4) is 0 Å². The first-order valence-electron chi connectivity index (χ1n) is 10.3. The minimum atomic E-state index is -0.273. The van der Waals surface area contributed by atoms with Crippen molar-refractivity contribution in [2.75, 3.05) is 19.7 Å². The van der Waals surface area contributed by atoms with E-state index in [0.717, 1.165) is 23.4 Å². The first kappa shape index (κ1) is 19.9. The molecule has 8 heteroatoms. The van der Waals surface area contributed by atoms with Gasteiger partial charge in [0.15, 0.2) is 0 Å². The summed E-state index contributed by atoms with van der Waals surface area (Å²) in [7, 11) is 0. The SMILES string of the molecule is Cc1cn(-c2ccc3n(c2=O)CCN(C[C@]2(C)CCOc4ccc(Cl)cc42)C3=O)cn1. The second-order valence-electron chi connectivity index (χ2n) is 8.51. The monoisotopic (exact) mass is 438 g/mol. The van der Waals surface area contributed by atoms with E-state index in [0.29, 0.717) is 42.6 Å². The van der Waals surface area contributed by atoms with Crippen LogP contribution in [-0.4, -0.2) is 44.6 Å². The van der Waals surface area contributed by atoms with Crippen molar-refractivity contribution >= 4 is 17.5 Å². The van der Waals surface area contributed by atoms with E-state index in [9.17, 15) is 9.59 Å². The zero-order chi connectivity index (χ0) is 21.8. The first-order valence-corrected chi connectivity index (χ1v) is 10.7. The summed E-state index contributed by atoms with van der Waals surface area (Å²) in [5.74, 6) is 0.688. The maximum Gasteiger partial charge on any atom is 0.275 e. The molecule has 0 unspecified atom stereocenters. The van der Waals surface area contributed by atoms with Gasteiger partial charge in [0, 0.05) is 41.8 Å². The normalized spacial score (nSPS) is 20.2. The number of nitrogens with zero attached hydrogens (tertiary/aromatic N) is 4. The lowest BCUT2D eigenvalue weighted by Gasteiger charge is -2.41. The quantitative estimate of drug-likeness (QED) is 0.629. The highest BCUT2D eigenvalue weighted by atomic mass is 35.5. The molecule has 2 aliphatic rings. The average Bonchev–Trinajstić information content (AvgIpc) is 3.17. The molecule has 0 aliphatic carbocycles. The number of fused-ring (bicyclic) bond motifs is 2. The largest absolute Gasteiger partial charge is 0.493 e. The van der Waals surface area contributed by atoms with Crippen LogP contribution in [0.15, 0.2) is 47.7 Å². The second kappa shape index (κ2) is 7.27. The number of pyridine rings is 1. The van der Waals surface area contributed by atoms with E-state index >= 15 is 0 Å². The molecule has 160 valence electrons.